The average Bonchev–Trinajstić information content (AvgIpc) is 2.37. The minimum atomic E-state index is -0.0333. The quantitative estimate of drug-likeness (QED) is 0.531. The van der Waals surface area contributed by atoms with Crippen LogP contribution in [0.25, 0.3) is 0 Å². The summed E-state index contributed by atoms with van der Waals surface area (Å²) < 4.78 is 0. The van der Waals surface area contributed by atoms with Crippen LogP contribution >= 0.6 is 7.92 Å². The SMILES string of the molecule is CCC(C)(C)P(Cc1ccc(C)cc1)C(C)(C)CC. The highest BCUT2D eigenvalue weighted by atomic mass is 31.1. The van der Waals surface area contributed by atoms with Crippen molar-refractivity contribution in [3.63, 3.8) is 0 Å². The summed E-state index contributed by atoms with van der Waals surface area (Å²) in [4.78, 5) is 0. The van der Waals surface area contributed by atoms with Crippen molar-refractivity contribution in [3.8, 4) is 0 Å². The first-order valence-corrected chi connectivity index (χ1v) is 9.09. The maximum absolute atomic E-state index is 2.46. The summed E-state index contributed by atoms with van der Waals surface area (Å²) >= 11 is 0. The van der Waals surface area contributed by atoms with Gasteiger partial charge in [-0.3, -0.25) is 0 Å². The second kappa shape index (κ2) is 6.40. The first-order chi connectivity index (χ1) is 8.73. The van der Waals surface area contributed by atoms with Gasteiger partial charge in [0.1, 0.15) is 0 Å². The van der Waals surface area contributed by atoms with Crippen molar-refractivity contribution in [2.75, 3.05) is 0 Å². The Kier molecular flexibility index (Phi) is 5.63. The Bertz CT molecular complexity index is 371. The van der Waals surface area contributed by atoms with Crippen molar-refractivity contribution < 1.29 is 0 Å². The molecule has 1 heteroatoms. The molecule has 1 aromatic carbocycles. The van der Waals surface area contributed by atoms with Crippen LogP contribution in [-0.2, 0) is 6.16 Å². The van der Waals surface area contributed by atoms with Gasteiger partial charge in [0.15, 0.2) is 0 Å². The second-order valence-electron chi connectivity index (χ2n) is 6.90. The molecule has 0 aliphatic heterocycles. The lowest BCUT2D eigenvalue weighted by atomic mass is 10.1. The molecule has 0 saturated heterocycles. The van der Waals surface area contributed by atoms with Crippen LogP contribution in [0.15, 0.2) is 24.3 Å². The smallest absolute Gasteiger partial charge is 0.00635 e. The Morgan fingerprint density at radius 2 is 1.26 bits per heavy atom. The van der Waals surface area contributed by atoms with Crippen LogP contribution in [0.5, 0.6) is 0 Å². The molecule has 0 radical (unpaired) electrons. The van der Waals surface area contributed by atoms with Gasteiger partial charge in [0, 0.05) is 0 Å². The molecular formula is C18H31P. The van der Waals surface area contributed by atoms with Crippen LogP contribution < -0.4 is 0 Å². The van der Waals surface area contributed by atoms with Crippen LogP contribution in [0, 0.1) is 6.92 Å². The van der Waals surface area contributed by atoms with Crippen LogP contribution in [0.3, 0.4) is 0 Å². The molecule has 0 N–H and O–H groups in total. The van der Waals surface area contributed by atoms with E-state index in [2.05, 4.69) is 72.7 Å². The zero-order valence-corrected chi connectivity index (χ0v) is 14.8. The molecule has 0 saturated carbocycles. The fourth-order valence-corrected chi connectivity index (χ4v) is 6.34. The molecule has 0 spiro atoms. The minimum Gasteiger partial charge on any atom is -0.0906 e. The number of hydrogen-bond donors (Lipinski definition) is 0. The summed E-state index contributed by atoms with van der Waals surface area (Å²) in [5.74, 6) is 0. The van der Waals surface area contributed by atoms with E-state index in [4.69, 9.17) is 0 Å². The first-order valence-electron chi connectivity index (χ1n) is 7.56. The normalized spacial score (nSPS) is 13.1. The summed E-state index contributed by atoms with van der Waals surface area (Å²) in [6.45, 7) is 16.7. The topological polar surface area (TPSA) is 0 Å². The summed E-state index contributed by atoms with van der Waals surface area (Å²) in [5.41, 5.74) is 2.87. The molecule has 0 aromatic heterocycles. The van der Waals surface area contributed by atoms with E-state index in [0.29, 0.717) is 10.3 Å². The largest absolute Gasteiger partial charge is 0.0906 e. The molecule has 0 amide bonds. The fraction of sp³-hybridized carbons (Fsp3) is 0.667. The van der Waals surface area contributed by atoms with Crippen LogP contribution in [0.1, 0.15) is 65.5 Å². The molecule has 1 aromatic rings. The molecule has 0 aliphatic carbocycles. The molecule has 0 heterocycles. The molecule has 0 unspecified atom stereocenters. The molecule has 0 fully saturated rings. The van der Waals surface area contributed by atoms with E-state index in [0.717, 1.165) is 0 Å². The highest BCUT2D eigenvalue weighted by molar-refractivity contribution is 7.60. The van der Waals surface area contributed by atoms with Gasteiger partial charge < -0.3 is 0 Å². The van der Waals surface area contributed by atoms with E-state index < -0.39 is 0 Å². The average molecular weight is 278 g/mol. The van der Waals surface area contributed by atoms with Gasteiger partial charge in [0.25, 0.3) is 0 Å². The fourth-order valence-electron chi connectivity index (χ4n) is 2.51. The number of hydrogen-bond acceptors (Lipinski definition) is 0. The molecule has 1 rings (SSSR count). The number of aryl methyl sites for hydroxylation is 1. The van der Waals surface area contributed by atoms with Crippen molar-refractivity contribution in [3.05, 3.63) is 35.4 Å². The van der Waals surface area contributed by atoms with E-state index in [9.17, 15) is 0 Å². The Hall–Kier alpha value is -0.350. The molecule has 108 valence electrons. The highest BCUT2D eigenvalue weighted by Crippen LogP contribution is 2.63. The standard InChI is InChI=1S/C18H31P/c1-8-17(4,5)19(18(6,7)9-2)14-16-12-10-15(3)11-13-16/h10-13H,8-9,14H2,1-7H3. The Labute approximate surface area is 121 Å². The van der Waals surface area contributed by atoms with Gasteiger partial charge in [-0.25, -0.2) is 0 Å². The third-order valence-corrected chi connectivity index (χ3v) is 8.89. The first kappa shape index (κ1) is 16.7. The summed E-state index contributed by atoms with van der Waals surface area (Å²) in [7, 11) is -0.0333. The minimum absolute atomic E-state index is 0.0333. The molecule has 0 nitrogen and oxygen atoms in total. The van der Waals surface area contributed by atoms with Crippen molar-refractivity contribution >= 4 is 7.92 Å². The van der Waals surface area contributed by atoms with E-state index >= 15 is 0 Å². The van der Waals surface area contributed by atoms with E-state index in [1.807, 2.05) is 0 Å². The predicted octanol–water partition coefficient (Wildman–Crippen LogP) is 6.35. The molecular weight excluding hydrogens is 247 g/mol. The van der Waals surface area contributed by atoms with E-state index in [1.165, 1.54) is 30.1 Å². The Morgan fingerprint density at radius 1 is 0.842 bits per heavy atom. The van der Waals surface area contributed by atoms with Crippen LogP contribution in [0.2, 0.25) is 0 Å². The second-order valence-corrected chi connectivity index (χ2v) is 10.5. The lowest BCUT2D eigenvalue weighted by molar-refractivity contribution is 0.601. The van der Waals surface area contributed by atoms with Crippen molar-refractivity contribution in [2.24, 2.45) is 0 Å². The summed E-state index contributed by atoms with van der Waals surface area (Å²) in [6, 6.07) is 9.14. The van der Waals surface area contributed by atoms with Crippen molar-refractivity contribution in [2.45, 2.75) is 77.8 Å². The van der Waals surface area contributed by atoms with Crippen LogP contribution in [-0.4, -0.2) is 10.3 Å². The highest BCUT2D eigenvalue weighted by Gasteiger charge is 2.37. The maximum Gasteiger partial charge on any atom is -0.00635 e. The van der Waals surface area contributed by atoms with Gasteiger partial charge in [-0.2, -0.15) is 0 Å². The predicted molar refractivity (Wildman–Crippen MR) is 90.5 cm³/mol. The molecule has 19 heavy (non-hydrogen) atoms. The third-order valence-electron chi connectivity index (χ3n) is 4.65. The lowest BCUT2D eigenvalue weighted by Gasteiger charge is -2.45. The third kappa shape index (κ3) is 4.32. The van der Waals surface area contributed by atoms with Gasteiger partial charge in [-0.05, 0) is 41.8 Å². The Morgan fingerprint density at radius 3 is 1.63 bits per heavy atom. The monoisotopic (exact) mass is 278 g/mol. The van der Waals surface area contributed by atoms with Gasteiger partial charge in [-0.1, -0.05) is 79.3 Å². The van der Waals surface area contributed by atoms with E-state index in [-0.39, 0.29) is 7.92 Å². The van der Waals surface area contributed by atoms with E-state index in [1.54, 1.807) is 0 Å². The zero-order valence-electron chi connectivity index (χ0n) is 13.9. The van der Waals surface area contributed by atoms with Gasteiger partial charge in [0.2, 0.25) is 0 Å². The lowest BCUT2D eigenvalue weighted by Crippen LogP contribution is -2.30. The Balaban J connectivity index is 3.02. The molecule has 0 atom stereocenters. The number of rotatable bonds is 6. The van der Waals surface area contributed by atoms with Gasteiger partial charge in [-0.15, -0.1) is 0 Å². The van der Waals surface area contributed by atoms with Crippen molar-refractivity contribution in [1.82, 2.24) is 0 Å². The maximum atomic E-state index is 2.46. The zero-order chi connectivity index (χ0) is 14.7. The number of benzene rings is 1. The van der Waals surface area contributed by atoms with Crippen LogP contribution in [0.4, 0.5) is 0 Å². The van der Waals surface area contributed by atoms with Crippen molar-refractivity contribution in [1.29, 1.82) is 0 Å². The molecule has 0 bridgehead atoms. The molecule has 0 aliphatic rings. The summed E-state index contributed by atoms with van der Waals surface area (Å²) in [6.07, 6.45) is 3.80. The van der Waals surface area contributed by atoms with Gasteiger partial charge in [0.05, 0.1) is 0 Å². The summed E-state index contributed by atoms with van der Waals surface area (Å²) in [5, 5.41) is 0.916. The van der Waals surface area contributed by atoms with Gasteiger partial charge >= 0.3 is 0 Å².